The van der Waals surface area contributed by atoms with Gasteiger partial charge in [-0.3, -0.25) is 9.69 Å². The lowest BCUT2D eigenvalue weighted by atomic mass is 10.2. The lowest BCUT2D eigenvalue weighted by molar-refractivity contribution is -0.131. The molecule has 1 saturated heterocycles. The summed E-state index contributed by atoms with van der Waals surface area (Å²) < 4.78 is 8.00. The summed E-state index contributed by atoms with van der Waals surface area (Å²) in [7, 11) is 0. The first-order valence-corrected chi connectivity index (χ1v) is 8.84. The second kappa shape index (κ2) is 7.23. The molecule has 2 aliphatic rings. The zero-order valence-electron chi connectivity index (χ0n) is 14.3. The molecular weight excluding hydrogens is 318 g/mol. The van der Waals surface area contributed by atoms with Gasteiger partial charge in [0.1, 0.15) is 6.61 Å². The van der Waals surface area contributed by atoms with E-state index in [0.717, 1.165) is 44.7 Å². The second-order valence-electron chi connectivity index (χ2n) is 6.68. The van der Waals surface area contributed by atoms with E-state index in [0.29, 0.717) is 19.0 Å². The van der Waals surface area contributed by atoms with Gasteiger partial charge in [-0.1, -0.05) is 6.07 Å². The van der Waals surface area contributed by atoms with Crippen LogP contribution in [0.2, 0.25) is 0 Å². The highest BCUT2D eigenvalue weighted by atomic mass is 16.5. The van der Waals surface area contributed by atoms with Crippen LogP contribution >= 0.6 is 0 Å². The number of hydrogen-bond acceptors (Lipinski definition) is 5. The molecule has 0 aliphatic carbocycles. The van der Waals surface area contributed by atoms with E-state index in [9.17, 15) is 4.79 Å². The highest BCUT2D eigenvalue weighted by Gasteiger charge is 2.28. The number of rotatable bonds is 5. The molecule has 0 saturated carbocycles. The minimum Gasteiger partial charge on any atom is -0.475 e. The van der Waals surface area contributed by atoms with Gasteiger partial charge in [-0.2, -0.15) is 0 Å². The van der Waals surface area contributed by atoms with Crippen LogP contribution in [0.3, 0.4) is 0 Å². The van der Waals surface area contributed by atoms with Crippen LogP contribution in [-0.2, 0) is 11.3 Å². The van der Waals surface area contributed by atoms with Gasteiger partial charge in [-0.15, -0.1) is 0 Å². The van der Waals surface area contributed by atoms with Crippen molar-refractivity contribution in [3.63, 3.8) is 0 Å². The monoisotopic (exact) mass is 341 g/mol. The van der Waals surface area contributed by atoms with Gasteiger partial charge in [0.15, 0.2) is 0 Å². The number of fused-ring (bicyclic) bond motifs is 1. The Kier molecular flexibility index (Phi) is 4.65. The largest absolute Gasteiger partial charge is 0.475 e. The normalized spacial score (nSPS) is 20.5. The van der Waals surface area contributed by atoms with Crippen LogP contribution in [0.4, 0.5) is 0 Å². The maximum Gasteiger partial charge on any atom is 0.236 e. The standard InChI is InChI=1S/C18H23N5O2/c24-18(22-7-3-4-8-22)12-21-10-15-9-19-14-23(15)16(11-21)13-25-17-5-1-2-6-20-17/h1-2,5-6,9,14,16H,3-4,7-8,10-13H2/t16-/m0/s1. The van der Waals surface area contributed by atoms with Gasteiger partial charge in [0.05, 0.1) is 24.6 Å². The second-order valence-corrected chi connectivity index (χ2v) is 6.68. The van der Waals surface area contributed by atoms with Crippen molar-refractivity contribution in [2.75, 3.05) is 32.8 Å². The summed E-state index contributed by atoms with van der Waals surface area (Å²) in [6.45, 7) is 4.29. The molecule has 7 nitrogen and oxygen atoms in total. The quantitative estimate of drug-likeness (QED) is 0.821. The molecule has 1 atom stereocenters. The van der Waals surface area contributed by atoms with Crippen LogP contribution in [0.25, 0.3) is 0 Å². The average molecular weight is 341 g/mol. The van der Waals surface area contributed by atoms with Crippen LogP contribution in [-0.4, -0.2) is 63.0 Å². The summed E-state index contributed by atoms with van der Waals surface area (Å²) >= 11 is 0. The number of amides is 1. The maximum atomic E-state index is 12.5. The van der Waals surface area contributed by atoms with Crippen molar-refractivity contribution >= 4 is 5.91 Å². The molecule has 0 aromatic carbocycles. The van der Waals surface area contributed by atoms with Gasteiger partial charge in [-0.05, 0) is 18.9 Å². The highest BCUT2D eigenvalue weighted by Crippen LogP contribution is 2.22. The number of carbonyl (C=O) groups excluding carboxylic acids is 1. The lowest BCUT2D eigenvalue weighted by Crippen LogP contribution is -2.45. The molecule has 0 N–H and O–H groups in total. The third-order valence-electron chi connectivity index (χ3n) is 4.87. The molecule has 4 heterocycles. The fourth-order valence-corrected chi connectivity index (χ4v) is 3.59. The average Bonchev–Trinajstić information content (AvgIpc) is 3.32. The van der Waals surface area contributed by atoms with Gasteiger partial charge in [0.2, 0.25) is 11.8 Å². The van der Waals surface area contributed by atoms with Gasteiger partial charge in [0, 0.05) is 44.6 Å². The van der Waals surface area contributed by atoms with E-state index in [2.05, 4.69) is 19.4 Å². The molecule has 2 aliphatic heterocycles. The number of carbonyl (C=O) groups is 1. The first-order valence-electron chi connectivity index (χ1n) is 8.84. The van der Waals surface area contributed by atoms with E-state index < -0.39 is 0 Å². The molecule has 0 bridgehead atoms. The van der Waals surface area contributed by atoms with Gasteiger partial charge >= 0.3 is 0 Å². The Hall–Kier alpha value is -2.41. The van der Waals surface area contributed by atoms with Crippen molar-refractivity contribution in [1.82, 2.24) is 24.3 Å². The summed E-state index contributed by atoms with van der Waals surface area (Å²) in [5.74, 6) is 0.851. The Morgan fingerprint density at radius 2 is 2.16 bits per heavy atom. The van der Waals surface area contributed by atoms with Crippen molar-refractivity contribution in [2.45, 2.75) is 25.4 Å². The molecule has 2 aromatic rings. The van der Waals surface area contributed by atoms with Gasteiger partial charge in [0.25, 0.3) is 0 Å². The molecule has 0 radical (unpaired) electrons. The van der Waals surface area contributed by atoms with Crippen LogP contribution in [0.15, 0.2) is 36.9 Å². The lowest BCUT2D eigenvalue weighted by Gasteiger charge is -2.34. The summed E-state index contributed by atoms with van der Waals surface area (Å²) in [5, 5.41) is 0. The number of nitrogens with zero attached hydrogens (tertiary/aromatic N) is 5. The van der Waals surface area contributed by atoms with Crippen molar-refractivity contribution in [2.24, 2.45) is 0 Å². The van der Waals surface area contributed by atoms with E-state index in [1.54, 1.807) is 6.20 Å². The van der Waals surface area contributed by atoms with Crippen LogP contribution in [0.5, 0.6) is 5.88 Å². The minimum atomic E-state index is 0.125. The smallest absolute Gasteiger partial charge is 0.236 e. The molecule has 0 unspecified atom stereocenters. The molecule has 4 rings (SSSR count). The molecule has 0 spiro atoms. The van der Waals surface area contributed by atoms with Crippen molar-refractivity contribution in [3.8, 4) is 5.88 Å². The predicted molar refractivity (Wildman–Crippen MR) is 92.1 cm³/mol. The molecule has 7 heteroatoms. The molecule has 1 fully saturated rings. The molecule has 2 aromatic heterocycles. The maximum absolute atomic E-state index is 12.5. The zero-order chi connectivity index (χ0) is 17.1. The van der Waals surface area contributed by atoms with Gasteiger partial charge in [-0.25, -0.2) is 9.97 Å². The Bertz CT molecular complexity index is 711. The number of hydrogen-bond donors (Lipinski definition) is 0. The highest BCUT2D eigenvalue weighted by molar-refractivity contribution is 5.78. The Morgan fingerprint density at radius 3 is 2.96 bits per heavy atom. The van der Waals surface area contributed by atoms with Crippen molar-refractivity contribution in [3.05, 3.63) is 42.6 Å². The molecule has 25 heavy (non-hydrogen) atoms. The van der Waals surface area contributed by atoms with Crippen LogP contribution < -0.4 is 4.74 Å². The number of ether oxygens (including phenoxy) is 1. The fourth-order valence-electron chi connectivity index (χ4n) is 3.59. The van der Waals surface area contributed by atoms with E-state index in [1.807, 2.05) is 35.6 Å². The summed E-state index contributed by atoms with van der Waals surface area (Å²) in [6.07, 6.45) is 7.69. The third kappa shape index (κ3) is 3.66. The number of aromatic nitrogens is 3. The summed E-state index contributed by atoms with van der Waals surface area (Å²) in [4.78, 5) is 25.1. The van der Waals surface area contributed by atoms with E-state index in [4.69, 9.17) is 4.74 Å². The first-order chi connectivity index (χ1) is 12.3. The summed E-state index contributed by atoms with van der Waals surface area (Å²) in [6, 6.07) is 5.76. The Labute approximate surface area is 147 Å². The number of pyridine rings is 1. The summed E-state index contributed by atoms with van der Waals surface area (Å²) in [5.41, 5.74) is 1.12. The van der Waals surface area contributed by atoms with Crippen LogP contribution in [0, 0.1) is 0 Å². The zero-order valence-corrected chi connectivity index (χ0v) is 14.3. The fraction of sp³-hybridized carbons (Fsp3) is 0.500. The van der Waals surface area contributed by atoms with Gasteiger partial charge < -0.3 is 14.2 Å². The Balaban J connectivity index is 1.41. The third-order valence-corrected chi connectivity index (χ3v) is 4.87. The minimum absolute atomic E-state index is 0.125. The van der Waals surface area contributed by atoms with E-state index in [-0.39, 0.29) is 11.9 Å². The SMILES string of the molecule is O=C(CN1Cc2cncn2[C@H](COc2ccccn2)C1)N1CCCC1. The molecular formula is C18H23N5O2. The molecule has 132 valence electrons. The topological polar surface area (TPSA) is 63.5 Å². The van der Waals surface area contributed by atoms with E-state index >= 15 is 0 Å². The number of likely N-dealkylation sites (tertiary alicyclic amines) is 1. The van der Waals surface area contributed by atoms with Crippen molar-refractivity contribution in [1.29, 1.82) is 0 Å². The van der Waals surface area contributed by atoms with Crippen molar-refractivity contribution < 1.29 is 9.53 Å². The number of imidazole rings is 1. The predicted octanol–water partition coefficient (Wildman–Crippen LogP) is 1.34. The Morgan fingerprint density at radius 1 is 1.28 bits per heavy atom. The molecule has 1 amide bonds. The first kappa shape index (κ1) is 16.1. The van der Waals surface area contributed by atoms with E-state index in [1.165, 1.54) is 0 Å². The van der Waals surface area contributed by atoms with Crippen LogP contribution in [0.1, 0.15) is 24.6 Å².